The summed E-state index contributed by atoms with van der Waals surface area (Å²) in [5, 5.41) is 4.70. The highest BCUT2D eigenvalue weighted by atomic mass is 35.5. The summed E-state index contributed by atoms with van der Waals surface area (Å²) in [6.45, 7) is 4.75. The van der Waals surface area contributed by atoms with E-state index in [2.05, 4.69) is 32.9 Å². The number of para-hydroxylation sites is 1. The fourth-order valence-electron chi connectivity index (χ4n) is 4.06. The van der Waals surface area contributed by atoms with Gasteiger partial charge in [-0.2, -0.15) is 0 Å². The van der Waals surface area contributed by atoms with Crippen LogP contribution >= 0.6 is 11.6 Å². The van der Waals surface area contributed by atoms with Crippen molar-refractivity contribution in [2.45, 2.75) is 12.6 Å². The van der Waals surface area contributed by atoms with E-state index in [9.17, 15) is 4.79 Å². The van der Waals surface area contributed by atoms with Gasteiger partial charge in [0, 0.05) is 40.9 Å². The highest BCUT2D eigenvalue weighted by Gasteiger charge is 2.34. The number of nitrogen functional groups attached to an aromatic ring is 1. The van der Waals surface area contributed by atoms with E-state index in [0.29, 0.717) is 18.0 Å². The van der Waals surface area contributed by atoms with E-state index in [1.165, 1.54) is 17.9 Å². The lowest BCUT2D eigenvalue weighted by molar-refractivity contribution is -0.116. The minimum Gasteiger partial charge on any atom is -0.383 e. The molecule has 1 amide bonds. The maximum Gasteiger partial charge on any atom is 0.245 e. The Morgan fingerprint density at radius 1 is 1.30 bits per heavy atom. The van der Waals surface area contributed by atoms with Crippen LogP contribution in [0.1, 0.15) is 5.69 Å². The second kappa shape index (κ2) is 6.96. The number of pyridine rings is 1. The molecule has 3 aromatic heterocycles. The van der Waals surface area contributed by atoms with Gasteiger partial charge in [-0.3, -0.25) is 9.78 Å². The number of carbonyl (C=O) groups is 1. The molecule has 1 aliphatic heterocycles. The Kier molecular flexibility index (Phi) is 4.25. The lowest BCUT2D eigenvalue weighted by atomic mass is 9.98. The molecule has 5 rings (SSSR count). The summed E-state index contributed by atoms with van der Waals surface area (Å²) < 4.78 is 2.02. The molecule has 1 aromatic carbocycles. The van der Waals surface area contributed by atoms with Gasteiger partial charge in [0.2, 0.25) is 5.91 Å². The Morgan fingerprint density at radius 3 is 2.97 bits per heavy atom. The van der Waals surface area contributed by atoms with Crippen molar-refractivity contribution >= 4 is 50.8 Å². The van der Waals surface area contributed by atoms with E-state index in [4.69, 9.17) is 17.3 Å². The number of nitrogens with zero attached hydrogens (tertiary/aromatic N) is 4. The lowest BCUT2D eigenvalue weighted by Crippen LogP contribution is -2.34. The number of nitrogens with two attached hydrogens (primary N) is 1. The smallest absolute Gasteiger partial charge is 0.245 e. The monoisotopic (exact) mass is 416 g/mol. The SMILES string of the molecule is C=C1c2c(-c3cnc4ccccc4c3)c3c(N)ncnc3n2C[C@H]1NC(=O)/C=C\Cl. The van der Waals surface area contributed by atoms with Crippen molar-refractivity contribution in [1.29, 1.82) is 0 Å². The first kappa shape index (κ1) is 18.3. The maximum absolute atomic E-state index is 12.0. The van der Waals surface area contributed by atoms with Crippen molar-refractivity contribution in [1.82, 2.24) is 24.8 Å². The fourth-order valence-corrected chi connectivity index (χ4v) is 4.18. The van der Waals surface area contributed by atoms with Crippen LogP contribution in [-0.4, -0.2) is 31.5 Å². The number of hydrogen-bond donors (Lipinski definition) is 2. The van der Waals surface area contributed by atoms with Crippen LogP contribution in [-0.2, 0) is 11.3 Å². The lowest BCUT2D eigenvalue weighted by Gasteiger charge is -2.13. The zero-order valence-corrected chi connectivity index (χ0v) is 16.6. The fraction of sp³-hybridized carbons (Fsp3) is 0.0909. The molecule has 0 radical (unpaired) electrons. The van der Waals surface area contributed by atoms with Crippen molar-refractivity contribution in [3.05, 3.63) is 66.7 Å². The first-order valence-electron chi connectivity index (χ1n) is 9.32. The van der Waals surface area contributed by atoms with Crippen molar-refractivity contribution in [3.63, 3.8) is 0 Å². The van der Waals surface area contributed by atoms with Crippen LogP contribution in [0.4, 0.5) is 5.82 Å². The highest BCUT2D eigenvalue weighted by molar-refractivity contribution is 6.26. The Balaban J connectivity index is 1.72. The Morgan fingerprint density at radius 2 is 2.13 bits per heavy atom. The van der Waals surface area contributed by atoms with Crippen molar-refractivity contribution in [2.24, 2.45) is 0 Å². The minimum atomic E-state index is -0.284. The molecule has 148 valence electrons. The van der Waals surface area contributed by atoms with Gasteiger partial charge in [0.15, 0.2) is 0 Å². The molecule has 1 atom stereocenters. The third-order valence-corrected chi connectivity index (χ3v) is 5.49. The number of rotatable bonds is 3. The second-order valence-electron chi connectivity index (χ2n) is 7.09. The molecule has 3 N–H and O–H groups in total. The molecule has 0 saturated carbocycles. The largest absolute Gasteiger partial charge is 0.383 e. The normalized spacial score (nSPS) is 15.9. The van der Waals surface area contributed by atoms with Crippen LogP contribution < -0.4 is 11.1 Å². The summed E-state index contributed by atoms with van der Waals surface area (Å²) in [4.78, 5) is 25.3. The molecule has 8 heteroatoms. The predicted molar refractivity (Wildman–Crippen MR) is 119 cm³/mol. The third-order valence-electron chi connectivity index (χ3n) is 5.37. The number of carbonyl (C=O) groups excluding carboxylic acids is 1. The quantitative estimate of drug-likeness (QED) is 0.498. The summed E-state index contributed by atoms with van der Waals surface area (Å²) >= 11 is 5.53. The molecule has 0 bridgehead atoms. The van der Waals surface area contributed by atoms with Crippen LogP contribution in [0.5, 0.6) is 0 Å². The highest BCUT2D eigenvalue weighted by Crippen LogP contribution is 2.44. The summed E-state index contributed by atoms with van der Waals surface area (Å²) in [7, 11) is 0. The van der Waals surface area contributed by atoms with E-state index in [1.54, 1.807) is 0 Å². The number of benzene rings is 1. The Bertz CT molecular complexity index is 1370. The molecule has 0 unspecified atom stereocenters. The van der Waals surface area contributed by atoms with Gasteiger partial charge >= 0.3 is 0 Å². The second-order valence-corrected chi connectivity index (χ2v) is 7.34. The first-order valence-corrected chi connectivity index (χ1v) is 9.76. The summed E-state index contributed by atoms with van der Waals surface area (Å²) in [5.41, 5.74) is 12.5. The standard InChI is InChI=1S/C22H17ClN6O/c1-12-16(28-17(30)6-7-23)10-29-20(12)18(19-21(24)26-11-27-22(19)29)14-8-13-4-2-3-5-15(13)25-9-14/h2-9,11,16H,1,10H2,(H,28,30)(H2,24,26,27)/b7-6-/t16-/m1/s1. The van der Waals surface area contributed by atoms with Crippen molar-refractivity contribution in [2.75, 3.05) is 5.73 Å². The molecule has 1 aliphatic rings. The summed E-state index contributed by atoms with van der Waals surface area (Å²) in [6, 6.07) is 9.70. The minimum absolute atomic E-state index is 0.283. The van der Waals surface area contributed by atoms with Gasteiger partial charge in [-0.05, 0) is 17.7 Å². The van der Waals surface area contributed by atoms with Crippen LogP contribution in [0, 0.1) is 0 Å². The topological polar surface area (TPSA) is 98.7 Å². The van der Waals surface area contributed by atoms with Gasteiger partial charge in [0.05, 0.1) is 22.6 Å². The van der Waals surface area contributed by atoms with E-state index in [0.717, 1.165) is 38.7 Å². The van der Waals surface area contributed by atoms with Gasteiger partial charge in [-0.1, -0.05) is 36.4 Å². The average molecular weight is 417 g/mol. The number of aromatic nitrogens is 4. The molecule has 7 nitrogen and oxygen atoms in total. The number of nitrogens with one attached hydrogen (secondary N) is 1. The Labute approximate surface area is 176 Å². The molecule has 0 aliphatic carbocycles. The van der Waals surface area contributed by atoms with Crippen molar-refractivity contribution < 1.29 is 4.79 Å². The summed E-state index contributed by atoms with van der Waals surface area (Å²) in [5.74, 6) is 0.109. The van der Waals surface area contributed by atoms with E-state index >= 15 is 0 Å². The van der Waals surface area contributed by atoms with Crippen LogP contribution in [0.25, 0.3) is 38.6 Å². The van der Waals surface area contributed by atoms with E-state index in [-0.39, 0.29) is 11.9 Å². The predicted octanol–water partition coefficient (Wildman–Crippen LogP) is 3.49. The Hall–Kier alpha value is -3.71. The van der Waals surface area contributed by atoms with Gasteiger partial charge < -0.3 is 15.6 Å². The molecule has 0 fully saturated rings. The molecule has 0 spiro atoms. The van der Waals surface area contributed by atoms with Gasteiger partial charge in [0.25, 0.3) is 0 Å². The zero-order valence-electron chi connectivity index (χ0n) is 15.8. The number of halogens is 1. The van der Waals surface area contributed by atoms with Gasteiger partial charge in [0.1, 0.15) is 17.8 Å². The number of fused-ring (bicyclic) bond motifs is 4. The van der Waals surface area contributed by atoms with Gasteiger partial charge in [-0.25, -0.2) is 9.97 Å². The molecule has 4 aromatic rings. The van der Waals surface area contributed by atoms with Gasteiger partial charge in [-0.15, -0.1) is 0 Å². The molecular formula is C22H17ClN6O. The molecule has 0 saturated heterocycles. The zero-order chi connectivity index (χ0) is 20.8. The third kappa shape index (κ3) is 2.74. The first-order chi connectivity index (χ1) is 14.6. The van der Waals surface area contributed by atoms with Crippen molar-refractivity contribution in [3.8, 4) is 11.1 Å². The van der Waals surface area contributed by atoms with E-state index in [1.807, 2.05) is 35.0 Å². The maximum atomic E-state index is 12.0. The average Bonchev–Trinajstić information content (AvgIpc) is 3.23. The van der Waals surface area contributed by atoms with Crippen LogP contribution in [0.2, 0.25) is 0 Å². The van der Waals surface area contributed by atoms with E-state index < -0.39 is 0 Å². The number of anilines is 1. The molecule has 4 heterocycles. The number of amides is 1. The molecule has 30 heavy (non-hydrogen) atoms. The van der Waals surface area contributed by atoms with Crippen LogP contribution in [0.15, 0.2) is 61.0 Å². The number of hydrogen-bond acceptors (Lipinski definition) is 5. The molecular weight excluding hydrogens is 400 g/mol. The summed E-state index contributed by atoms with van der Waals surface area (Å²) in [6.07, 6.45) is 4.53. The van der Waals surface area contributed by atoms with Crippen LogP contribution in [0.3, 0.4) is 0 Å².